The number of benzene rings is 1. The van der Waals surface area contributed by atoms with Crippen LogP contribution in [0.5, 0.6) is 0 Å². The van der Waals surface area contributed by atoms with Gasteiger partial charge in [-0.05, 0) is 19.4 Å². The molecule has 7 heteroatoms. The van der Waals surface area contributed by atoms with Gasteiger partial charge in [0.25, 0.3) is 0 Å². The Bertz CT molecular complexity index is 703. The third-order valence-corrected chi connectivity index (χ3v) is 3.78. The van der Waals surface area contributed by atoms with Gasteiger partial charge in [0.05, 0.1) is 18.8 Å². The van der Waals surface area contributed by atoms with Gasteiger partial charge in [0.2, 0.25) is 5.91 Å². The third kappa shape index (κ3) is 5.63. The van der Waals surface area contributed by atoms with Crippen LogP contribution in [0.3, 0.4) is 0 Å². The smallest absolute Gasteiger partial charge is 0.241 e. The van der Waals surface area contributed by atoms with E-state index in [0.717, 1.165) is 22.6 Å². The summed E-state index contributed by atoms with van der Waals surface area (Å²) in [6.45, 7) is 5.00. The van der Waals surface area contributed by atoms with E-state index in [1.54, 1.807) is 14.1 Å². The number of carbonyl (C=O) groups is 1. The van der Waals surface area contributed by atoms with Gasteiger partial charge in [-0.3, -0.25) is 4.79 Å². The molecule has 0 fully saturated rings. The lowest BCUT2D eigenvalue weighted by Gasteiger charge is -2.15. The Morgan fingerprint density at radius 1 is 1.20 bits per heavy atom. The molecule has 0 radical (unpaired) electrons. The van der Waals surface area contributed by atoms with Crippen molar-refractivity contribution in [2.45, 2.75) is 26.9 Å². The highest BCUT2D eigenvalue weighted by atomic mass is 16.5. The lowest BCUT2D eigenvalue weighted by molar-refractivity contribution is -0.127. The fraction of sp³-hybridized carbons (Fsp3) is 0.389. The number of carbonyl (C=O) groups excluding carboxylic acids is 1. The Kier molecular flexibility index (Phi) is 6.56. The molecular formula is C18H25N5O2. The largest absolute Gasteiger partial charge is 0.361 e. The summed E-state index contributed by atoms with van der Waals surface area (Å²) in [4.78, 5) is 17.9. The molecule has 0 bridgehead atoms. The molecule has 2 aromatic rings. The van der Waals surface area contributed by atoms with Crippen molar-refractivity contribution in [2.75, 3.05) is 20.6 Å². The van der Waals surface area contributed by atoms with Crippen molar-refractivity contribution in [1.29, 1.82) is 0 Å². The monoisotopic (exact) mass is 343 g/mol. The first-order valence-electron chi connectivity index (χ1n) is 8.15. The highest BCUT2D eigenvalue weighted by molar-refractivity contribution is 5.86. The Morgan fingerprint density at radius 3 is 2.52 bits per heavy atom. The van der Waals surface area contributed by atoms with Crippen LogP contribution in [0.4, 0.5) is 0 Å². The second kappa shape index (κ2) is 8.86. The van der Waals surface area contributed by atoms with Crippen LogP contribution >= 0.6 is 0 Å². The minimum Gasteiger partial charge on any atom is -0.361 e. The zero-order valence-electron chi connectivity index (χ0n) is 15.2. The van der Waals surface area contributed by atoms with Crippen molar-refractivity contribution in [3.05, 3.63) is 52.9 Å². The van der Waals surface area contributed by atoms with E-state index in [9.17, 15) is 4.79 Å². The number of guanidine groups is 1. The summed E-state index contributed by atoms with van der Waals surface area (Å²) >= 11 is 0. The number of hydrogen-bond donors (Lipinski definition) is 2. The molecule has 0 aliphatic carbocycles. The first kappa shape index (κ1) is 18.5. The highest BCUT2D eigenvalue weighted by Gasteiger charge is 2.11. The SMILES string of the molecule is Cc1noc(C)c1CNC(=NCc1ccccc1)NCC(=O)N(C)C. The summed E-state index contributed by atoms with van der Waals surface area (Å²) in [5.74, 6) is 1.32. The molecule has 1 amide bonds. The summed E-state index contributed by atoms with van der Waals surface area (Å²) in [5, 5.41) is 10.3. The van der Waals surface area contributed by atoms with Crippen molar-refractivity contribution in [3.8, 4) is 0 Å². The maximum Gasteiger partial charge on any atom is 0.241 e. The van der Waals surface area contributed by atoms with E-state index in [1.165, 1.54) is 4.90 Å². The fourth-order valence-electron chi connectivity index (χ4n) is 2.17. The van der Waals surface area contributed by atoms with Gasteiger partial charge in [0.1, 0.15) is 5.76 Å². The second-order valence-electron chi connectivity index (χ2n) is 5.95. The summed E-state index contributed by atoms with van der Waals surface area (Å²) in [7, 11) is 3.45. The first-order valence-corrected chi connectivity index (χ1v) is 8.15. The average molecular weight is 343 g/mol. The average Bonchev–Trinajstić information content (AvgIpc) is 2.93. The quantitative estimate of drug-likeness (QED) is 0.615. The van der Waals surface area contributed by atoms with E-state index in [4.69, 9.17) is 4.52 Å². The number of aliphatic imine (C=N–C) groups is 1. The van der Waals surface area contributed by atoms with Crippen molar-refractivity contribution < 1.29 is 9.32 Å². The number of aryl methyl sites for hydroxylation is 2. The van der Waals surface area contributed by atoms with Crippen LogP contribution in [-0.4, -0.2) is 42.6 Å². The molecule has 2 N–H and O–H groups in total. The van der Waals surface area contributed by atoms with Gasteiger partial charge in [0, 0.05) is 26.2 Å². The van der Waals surface area contributed by atoms with Crippen LogP contribution in [0.2, 0.25) is 0 Å². The Hall–Kier alpha value is -2.83. The van der Waals surface area contributed by atoms with Gasteiger partial charge in [0.15, 0.2) is 5.96 Å². The molecule has 2 rings (SSSR count). The van der Waals surface area contributed by atoms with E-state index in [2.05, 4.69) is 20.8 Å². The zero-order valence-corrected chi connectivity index (χ0v) is 15.2. The molecule has 7 nitrogen and oxygen atoms in total. The normalized spacial score (nSPS) is 11.3. The molecule has 134 valence electrons. The molecule has 0 aliphatic rings. The maximum atomic E-state index is 11.8. The van der Waals surface area contributed by atoms with Gasteiger partial charge in [-0.25, -0.2) is 4.99 Å². The molecule has 1 aromatic heterocycles. The van der Waals surface area contributed by atoms with Gasteiger partial charge in [-0.15, -0.1) is 0 Å². The Morgan fingerprint density at radius 2 is 1.92 bits per heavy atom. The lowest BCUT2D eigenvalue weighted by Crippen LogP contribution is -2.42. The van der Waals surface area contributed by atoms with Crippen LogP contribution in [0.15, 0.2) is 39.8 Å². The summed E-state index contributed by atoms with van der Waals surface area (Å²) in [6, 6.07) is 9.95. The number of nitrogens with zero attached hydrogens (tertiary/aromatic N) is 3. The molecule has 25 heavy (non-hydrogen) atoms. The molecule has 1 aromatic carbocycles. The van der Waals surface area contributed by atoms with E-state index in [-0.39, 0.29) is 12.5 Å². The summed E-state index contributed by atoms with van der Waals surface area (Å²) in [6.07, 6.45) is 0. The number of likely N-dealkylation sites (N-methyl/N-ethyl adjacent to an activating group) is 1. The molecule has 0 aliphatic heterocycles. The van der Waals surface area contributed by atoms with Gasteiger partial charge in [-0.1, -0.05) is 35.5 Å². The van der Waals surface area contributed by atoms with Gasteiger partial charge < -0.3 is 20.1 Å². The highest BCUT2D eigenvalue weighted by Crippen LogP contribution is 2.11. The van der Waals surface area contributed by atoms with E-state index < -0.39 is 0 Å². The van der Waals surface area contributed by atoms with Crippen LogP contribution in [0, 0.1) is 13.8 Å². The van der Waals surface area contributed by atoms with Gasteiger partial charge >= 0.3 is 0 Å². The first-order chi connectivity index (χ1) is 12.0. The predicted molar refractivity (Wildman–Crippen MR) is 97.1 cm³/mol. The fourth-order valence-corrected chi connectivity index (χ4v) is 2.17. The van der Waals surface area contributed by atoms with Gasteiger partial charge in [-0.2, -0.15) is 0 Å². The topological polar surface area (TPSA) is 82.8 Å². The summed E-state index contributed by atoms with van der Waals surface area (Å²) < 4.78 is 5.18. The molecule has 1 heterocycles. The number of hydrogen-bond acceptors (Lipinski definition) is 4. The summed E-state index contributed by atoms with van der Waals surface area (Å²) in [5.41, 5.74) is 2.93. The van der Waals surface area contributed by atoms with Crippen LogP contribution < -0.4 is 10.6 Å². The lowest BCUT2D eigenvalue weighted by atomic mass is 10.2. The Labute approximate surface area is 148 Å². The van der Waals surface area contributed by atoms with Crippen molar-refractivity contribution in [2.24, 2.45) is 4.99 Å². The second-order valence-corrected chi connectivity index (χ2v) is 5.95. The third-order valence-electron chi connectivity index (χ3n) is 3.78. The van der Waals surface area contributed by atoms with Crippen LogP contribution in [-0.2, 0) is 17.9 Å². The van der Waals surface area contributed by atoms with Crippen molar-refractivity contribution in [1.82, 2.24) is 20.7 Å². The number of aromatic nitrogens is 1. The number of rotatable bonds is 6. The molecular weight excluding hydrogens is 318 g/mol. The minimum atomic E-state index is -0.0217. The molecule has 0 saturated heterocycles. The van der Waals surface area contributed by atoms with E-state index in [0.29, 0.717) is 19.0 Å². The van der Waals surface area contributed by atoms with Crippen molar-refractivity contribution in [3.63, 3.8) is 0 Å². The van der Waals surface area contributed by atoms with Crippen LogP contribution in [0.25, 0.3) is 0 Å². The minimum absolute atomic E-state index is 0.0217. The molecule has 0 unspecified atom stereocenters. The van der Waals surface area contributed by atoms with Crippen molar-refractivity contribution >= 4 is 11.9 Å². The molecule has 0 spiro atoms. The predicted octanol–water partition coefficient (Wildman–Crippen LogP) is 1.62. The number of amides is 1. The van der Waals surface area contributed by atoms with Crippen LogP contribution in [0.1, 0.15) is 22.6 Å². The van der Waals surface area contributed by atoms with E-state index >= 15 is 0 Å². The van der Waals surface area contributed by atoms with E-state index in [1.807, 2.05) is 44.2 Å². The Balaban J connectivity index is 2.04. The zero-order chi connectivity index (χ0) is 18.2. The number of nitrogens with one attached hydrogen (secondary N) is 2. The molecule has 0 atom stereocenters. The standard InChI is InChI=1S/C18H25N5O2/c1-13-16(14(2)25-22-13)11-20-18(21-12-17(24)23(3)4)19-10-15-8-6-5-7-9-15/h5-9H,10-12H2,1-4H3,(H2,19,20,21). The molecule has 0 saturated carbocycles. The maximum absolute atomic E-state index is 11.8.